The van der Waals surface area contributed by atoms with Gasteiger partial charge in [-0.05, 0) is 19.3 Å². The topological polar surface area (TPSA) is 0 Å². The van der Waals surface area contributed by atoms with E-state index in [0.717, 1.165) is 6.42 Å². The minimum atomic E-state index is -4.09. The molecule has 0 amide bonds. The molecule has 5 heteroatoms. The van der Waals surface area contributed by atoms with Crippen LogP contribution in [-0.2, 0) is 0 Å². The number of hydrogen-bond acceptors (Lipinski definition) is 1. The maximum atomic E-state index is 11.6. The zero-order chi connectivity index (χ0) is 9.61. The van der Waals surface area contributed by atoms with E-state index in [9.17, 15) is 13.2 Å². The van der Waals surface area contributed by atoms with Crippen LogP contribution in [0, 0.1) is 0 Å². The predicted molar refractivity (Wildman–Crippen MR) is 47.7 cm³/mol. The van der Waals surface area contributed by atoms with Gasteiger partial charge in [0.05, 0.1) is 0 Å². The zero-order valence-corrected chi connectivity index (χ0v) is 8.40. The lowest BCUT2D eigenvalue weighted by Gasteiger charge is -2.07. The van der Waals surface area contributed by atoms with Crippen molar-refractivity contribution in [2.45, 2.75) is 37.1 Å². The molecule has 0 aromatic carbocycles. The predicted octanol–water partition coefficient (Wildman–Crippen LogP) is 4.04. The fourth-order valence-electron chi connectivity index (χ4n) is 0.697. The van der Waals surface area contributed by atoms with E-state index in [1.165, 1.54) is 0 Å². The van der Waals surface area contributed by atoms with E-state index in [1.807, 2.05) is 6.92 Å². The largest absolute Gasteiger partial charge is 0.441 e. The summed E-state index contributed by atoms with van der Waals surface area (Å²) in [5.41, 5.74) is -4.09. The molecule has 0 saturated heterocycles. The SMILES string of the molecule is CCC(Cl)CCCSC(F)(F)F. The summed E-state index contributed by atoms with van der Waals surface area (Å²) in [5.74, 6) is 0.118. The fraction of sp³-hybridized carbons (Fsp3) is 1.00. The molecule has 1 unspecified atom stereocenters. The minimum absolute atomic E-state index is 0.0267. The standard InChI is InChI=1S/C7H12ClF3S/c1-2-6(8)4-3-5-12-7(9,10)11/h6H,2-5H2,1H3. The summed E-state index contributed by atoms with van der Waals surface area (Å²) in [5, 5.41) is 0.0267. The van der Waals surface area contributed by atoms with Crippen molar-refractivity contribution in [2.75, 3.05) is 5.75 Å². The van der Waals surface area contributed by atoms with Gasteiger partial charge in [-0.3, -0.25) is 0 Å². The molecule has 12 heavy (non-hydrogen) atoms. The Morgan fingerprint density at radius 1 is 1.42 bits per heavy atom. The van der Waals surface area contributed by atoms with Crippen LogP contribution in [0.4, 0.5) is 13.2 Å². The Morgan fingerprint density at radius 2 is 2.00 bits per heavy atom. The Labute approximate surface area is 79.9 Å². The van der Waals surface area contributed by atoms with Gasteiger partial charge in [0.1, 0.15) is 0 Å². The number of rotatable bonds is 5. The van der Waals surface area contributed by atoms with Crippen molar-refractivity contribution in [1.82, 2.24) is 0 Å². The molecule has 0 aromatic rings. The summed E-state index contributed by atoms with van der Waals surface area (Å²) in [6.45, 7) is 1.93. The van der Waals surface area contributed by atoms with Crippen molar-refractivity contribution in [3.05, 3.63) is 0 Å². The second-order valence-corrected chi connectivity index (χ2v) is 4.22. The second-order valence-electron chi connectivity index (χ2n) is 2.44. The molecule has 0 rings (SSSR count). The van der Waals surface area contributed by atoms with Gasteiger partial charge in [-0.2, -0.15) is 13.2 Å². The van der Waals surface area contributed by atoms with Gasteiger partial charge in [-0.25, -0.2) is 0 Å². The van der Waals surface area contributed by atoms with E-state index in [4.69, 9.17) is 11.6 Å². The van der Waals surface area contributed by atoms with Crippen molar-refractivity contribution in [3.8, 4) is 0 Å². The maximum Gasteiger partial charge on any atom is 0.441 e. The van der Waals surface area contributed by atoms with Gasteiger partial charge in [-0.15, -0.1) is 11.6 Å². The second kappa shape index (κ2) is 5.97. The van der Waals surface area contributed by atoms with Gasteiger partial charge in [-0.1, -0.05) is 18.7 Å². The summed E-state index contributed by atoms with van der Waals surface area (Å²) in [7, 11) is 0. The molecule has 0 spiro atoms. The number of hydrogen-bond donors (Lipinski definition) is 0. The van der Waals surface area contributed by atoms with Gasteiger partial charge < -0.3 is 0 Å². The van der Waals surface area contributed by atoms with Crippen molar-refractivity contribution in [1.29, 1.82) is 0 Å². The first-order valence-corrected chi connectivity index (χ1v) is 5.22. The van der Waals surface area contributed by atoms with Gasteiger partial charge in [0.15, 0.2) is 0 Å². The highest BCUT2D eigenvalue weighted by Gasteiger charge is 2.27. The van der Waals surface area contributed by atoms with Gasteiger partial charge in [0, 0.05) is 11.1 Å². The molecule has 0 aliphatic carbocycles. The Kier molecular flexibility index (Phi) is 6.19. The van der Waals surface area contributed by atoms with Crippen molar-refractivity contribution >= 4 is 23.4 Å². The average Bonchev–Trinajstić information content (AvgIpc) is 1.96. The lowest BCUT2D eigenvalue weighted by Crippen LogP contribution is -2.03. The monoisotopic (exact) mass is 220 g/mol. The van der Waals surface area contributed by atoms with Crippen LogP contribution in [0.2, 0.25) is 0 Å². The van der Waals surface area contributed by atoms with Crippen LogP contribution in [0.3, 0.4) is 0 Å². The Morgan fingerprint density at radius 3 is 2.42 bits per heavy atom. The van der Waals surface area contributed by atoms with Crippen LogP contribution in [0.15, 0.2) is 0 Å². The van der Waals surface area contributed by atoms with Gasteiger partial charge in [0.25, 0.3) is 0 Å². The van der Waals surface area contributed by atoms with E-state index < -0.39 is 5.51 Å². The number of thioether (sulfide) groups is 1. The molecule has 1 atom stereocenters. The molecule has 0 saturated carbocycles. The summed E-state index contributed by atoms with van der Waals surface area (Å²) >= 11 is 5.75. The van der Waals surface area contributed by atoms with E-state index in [2.05, 4.69) is 0 Å². The van der Waals surface area contributed by atoms with Crippen molar-refractivity contribution in [3.63, 3.8) is 0 Å². The third-order valence-corrected chi connectivity index (χ3v) is 2.72. The molecule has 74 valence electrons. The first kappa shape index (κ1) is 12.4. The van der Waals surface area contributed by atoms with Crippen molar-refractivity contribution < 1.29 is 13.2 Å². The normalized spacial score (nSPS) is 14.8. The van der Waals surface area contributed by atoms with Gasteiger partial charge in [0.2, 0.25) is 0 Å². The average molecular weight is 221 g/mol. The molecule has 0 nitrogen and oxygen atoms in total. The van der Waals surface area contributed by atoms with Gasteiger partial charge >= 0.3 is 5.51 Å². The lowest BCUT2D eigenvalue weighted by molar-refractivity contribution is -0.0328. The number of halogens is 4. The zero-order valence-electron chi connectivity index (χ0n) is 6.83. The smallest absolute Gasteiger partial charge is 0.160 e. The molecule has 0 N–H and O–H groups in total. The first-order chi connectivity index (χ1) is 5.45. The Balaban J connectivity index is 3.22. The quantitative estimate of drug-likeness (QED) is 0.498. The third-order valence-electron chi connectivity index (χ3n) is 1.37. The lowest BCUT2D eigenvalue weighted by atomic mass is 10.2. The number of alkyl halides is 4. The van der Waals surface area contributed by atoms with E-state index >= 15 is 0 Å². The molecule has 0 radical (unpaired) electrons. The van der Waals surface area contributed by atoms with Crippen LogP contribution < -0.4 is 0 Å². The van der Waals surface area contributed by atoms with Crippen LogP contribution in [0.5, 0.6) is 0 Å². The maximum absolute atomic E-state index is 11.6. The Hall–Kier alpha value is 0.430. The van der Waals surface area contributed by atoms with Crippen LogP contribution in [0.1, 0.15) is 26.2 Å². The molecule has 0 fully saturated rings. The van der Waals surface area contributed by atoms with Crippen LogP contribution >= 0.6 is 23.4 Å². The third kappa shape index (κ3) is 8.53. The fourth-order valence-corrected chi connectivity index (χ4v) is 1.39. The Bertz CT molecular complexity index is 116. The molecule has 0 aliphatic heterocycles. The molecule has 0 aliphatic rings. The summed E-state index contributed by atoms with van der Waals surface area (Å²) in [6, 6.07) is 0. The van der Waals surface area contributed by atoms with E-state index in [0.29, 0.717) is 12.8 Å². The molecular formula is C7H12ClF3S. The molecular weight excluding hydrogens is 209 g/mol. The van der Waals surface area contributed by atoms with Crippen molar-refractivity contribution in [2.24, 2.45) is 0 Å². The van der Waals surface area contributed by atoms with Crippen LogP contribution in [-0.4, -0.2) is 16.6 Å². The summed E-state index contributed by atoms with van der Waals surface area (Å²) < 4.78 is 34.8. The highest BCUT2D eigenvalue weighted by atomic mass is 35.5. The minimum Gasteiger partial charge on any atom is -0.160 e. The highest BCUT2D eigenvalue weighted by Crippen LogP contribution is 2.31. The molecule has 0 bridgehead atoms. The van der Waals surface area contributed by atoms with E-state index in [-0.39, 0.29) is 22.9 Å². The molecule has 0 aromatic heterocycles. The van der Waals surface area contributed by atoms with E-state index in [1.54, 1.807) is 0 Å². The van der Waals surface area contributed by atoms with Crippen LogP contribution in [0.25, 0.3) is 0 Å². The summed E-state index contributed by atoms with van der Waals surface area (Å²) in [4.78, 5) is 0. The summed E-state index contributed by atoms with van der Waals surface area (Å²) in [6.07, 6.45) is 2.02. The highest BCUT2D eigenvalue weighted by molar-refractivity contribution is 8.00. The molecule has 0 heterocycles. The first-order valence-electron chi connectivity index (χ1n) is 3.80.